The Bertz CT molecular complexity index is 378. The number of nitrogens with one attached hydrogen (secondary N) is 1. The molecule has 1 saturated carbocycles. The third-order valence-electron chi connectivity index (χ3n) is 3.83. The van der Waals surface area contributed by atoms with E-state index < -0.39 is 0 Å². The monoisotopic (exact) mass is 219 g/mol. The van der Waals surface area contributed by atoms with Gasteiger partial charge >= 0.3 is 0 Å². The van der Waals surface area contributed by atoms with E-state index in [0.717, 1.165) is 24.3 Å². The minimum Gasteiger partial charge on any atom is -0.331 e. The first-order valence-corrected chi connectivity index (χ1v) is 6.28. The number of nitrogens with zero attached hydrogens (tertiary/aromatic N) is 2. The molecule has 0 radical (unpaired) electrons. The Kier molecular flexibility index (Phi) is 2.15. The lowest BCUT2D eigenvalue weighted by Crippen LogP contribution is -2.19. The van der Waals surface area contributed by atoms with Crippen LogP contribution < -0.4 is 5.32 Å². The number of hydrogen-bond donors (Lipinski definition) is 1. The van der Waals surface area contributed by atoms with Gasteiger partial charge in [0.15, 0.2) is 0 Å². The predicted molar refractivity (Wildman–Crippen MR) is 64.3 cm³/mol. The van der Waals surface area contributed by atoms with Crippen LogP contribution in [0, 0.1) is 17.3 Å². The van der Waals surface area contributed by atoms with Gasteiger partial charge in [0.05, 0.1) is 6.33 Å². The molecule has 2 unspecified atom stereocenters. The summed E-state index contributed by atoms with van der Waals surface area (Å²) in [4.78, 5) is 4.34. The maximum absolute atomic E-state index is 4.34. The van der Waals surface area contributed by atoms with Crippen molar-refractivity contribution in [3.63, 3.8) is 0 Å². The lowest BCUT2D eigenvalue weighted by atomic mass is 9.91. The number of fused-ring (bicyclic) bond motifs is 1. The molecule has 88 valence electrons. The molecule has 0 amide bonds. The standard InChI is InChI=1S/C13H21N3/c1-13(2,3)4-9-5-15-8-16(9)12-10-6-14-7-11(10)12/h5,8,10-12,14H,4,6-7H2,1-3H3. The van der Waals surface area contributed by atoms with E-state index in [-0.39, 0.29) is 0 Å². The fraction of sp³-hybridized carbons (Fsp3) is 0.769. The normalized spacial score (nSPS) is 32.8. The van der Waals surface area contributed by atoms with Crippen LogP contribution in [-0.2, 0) is 6.42 Å². The fourth-order valence-corrected chi connectivity index (χ4v) is 3.08. The van der Waals surface area contributed by atoms with Gasteiger partial charge in [0.1, 0.15) is 0 Å². The second-order valence-electron chi connectivity index (χ2n) is 6.51. The Morgan fingerprint density at radius 1 is 1.38 bits per heavy atom. The largest absolute Gasteiger partial charge is 0.331 e. The van der Waals surface area contributed by atoms with Crippen molar-refractivity contribution < 1.29 is 0 Å². The lowest BCUT2D eigenvalue weighted by Gasteiger charge is -2.19. The zero-order chi connectivity index (χ0) is 11.3. The van der Waals surface area contributed by atoms with Crippen LogP contribution in [-0.4, -0.2) is 22.6 Å². The molecule has 1 aromatic heterocycles. The summed E-state index contributed by atoms with van der Waals surface area (Å²) in [5.74, 6) is 1.74. The van der Waals surface area contributed by atoms with Gasteiger partial charge in [-0.15, -0.1) is 0 Å². The molecule has 3 rings (SSSR count). The topological polar surface area (TPSA) is 29.9 Å². The molecular weight excluding hydrogens is 198 g/mol. The highest BCUT2D eigenvalue weighted by Crippen LogP contribution is 2.53. The van der Waals surface area contributed by atoms with Crippen molar-refractivity contribution in [2.45, 2.75) is 33.2 Å². The molecule has 1 N–H and O–H groups in total. The highest BCUT2D eigenvalue weighted by atomic mass is 15.2. The van der Waals surface area contributed by atoms with E-state index in [1.807, 2.05) is 12.5 Å². The van der Waals surface area contributed by atoms with Crippen molar-refractivity contribution in [2.75, 3.05) is 13.1 Å². The fourth-order valence-electron chi connectivity index (χ4n) is 3.08. The Balaban J connectivity index is 1.79. The molecule has 1 saturated heterocycles. The molecule has 0 bridgehead atoms. The molecule has 1 aliphatic heterocycles. The van der Waals surface area contributed by atoms with Crippen molar-refractivity contribution in [1.82, 2.24) is 14.9 Å². The van der Waals surface area contributed by atoms with E-state index in [2.05, 4.69) is 35.6 Å². The van der Waals surface area contributed by atoms with Crippen molar-refractivity contribution in [3.8, 4) is 0 Å². The van der Waals surface area contributed by atoms with Crippen LogP contribution in [0.4, 0.5) is 0 Å². The minimum absolute atomic E-state index is 0.347. The summed E-state index contributed by atoms with van der Waals surface area (Å²) >= 11 is 0. The Hall–Kier alpha value is -0.830. The van der Waals surface area contributed by atoms with Gasteiger partial charge in [-0.3, -0.25) is 0 Å². The van der Waals surface area contributed by atoms with Gasteiger partial charge in [-0.05, 0) is 23.7 Å². The number of rotatable bonds is 2. The maximum atomic E-state index is 4.34. The van der Waals surface area contributed by atoms with E-state index in [4.69, 9.17) is 0 Å². The molecule has 3 nitrogen and oxygen atoms in total. The Morgan fingerprint density at radius 3 is 2.69 bits per heavy atom. The molecule has 16 heavy (non-hydrogen) atoms. The van der Waals surface area contributed by atoms with Crippen molar-refractivity contribution in [3.05, 3.63) is 18.2 Å². The first kappa shape index (κ1) is 10.3. The molecule has 2 atom stereocenters. The molecule has 0 aromatic carbocycles. The summed E-state index contributed by atoms with van der Waals surface area (Å²) in [6.07, 6.45) is 5.20. The lowest BCUT2D eigenvalue weighted by molar-refractivity contribution is 0.393. The summed E-state index contributed by atoms with van der Waals surface area (Å²) in [5.41, 5.74) is 1.76. The zero-order valence-electron chi connectivity index (χ0n) is 10.4. The van der Waals surface area contributed by atoms with Crippen LogP contribution in [0.25, 0.3) is 0 Å². The highest BCUT2D eigenvalue weighted by Gasteiger charge is 2.54. The molecule has 2 fully saturated rings. The van der Waals surface area contributed by atoms with Crippen molar-refractivity contribution in [1.29, 1.82) is 0 Å². The predicted octanol–water partition coefficient (Wildman–Crippen LogP) is 1.86. The van der Waals surface area contributed by atoms with Gasteiger partial charge in [0, 0.05) is 31.0 Å². The van der Waals surface area contributed by atoms with Crippen molar-refractivity contribution in [2.24, 2.45) is 17.3 Å². The van der Waals surface area contributed by atoms with Gasteiger partial charge in [-0.25, -0.2) is 4.98 Å². The van der Waals surface area contributed by atoms with Gasteiger partial charge in [-0.1, -0.05) is 20.8 Å². The van der Waals surface area contributed by atoms with Crippen LogP contribution >= 0.6 is 0 Å². The van der Waals surface area contributed by atoms with E-state index in [1.165, 1.54) is 18.8 Å². The molecule has 1 aliphatic carbocycles. The Labute approximate surface area is 97.3 Å². The van der Waals surface area contributed by atoms with Crippen LogP contribution in [0.2, 0.25) is 0 Å². The molecule has 2 aliphatic rings. The van der Waals surface area contributed by atoms with E-state index in [9.17, 15) is 0 Å². The zero-order valence-corrected chi connectivity index (χ0v) is 10.4. The van der Waals surface area contributed by atoms with Crippen LogP contribution in [0.15, 0.2) is 12.5 Å². The van der Waals surface area contributed by atoms with Crippen LogP contribution in [0.1, 0.15) is 32.5 Å². The van der Waals surface area contributed by atoms with Gasteiger partial charge in [0.2, 0.25) is 0 Å². The molecule has 2 heterocycles. The minimum atomic E-state index is 0.347. The van der Waals surface area contributed by atoms with Crippen LogP contribution in [0.3, 0.4) is 0 Å². The van der Waals surface area contributed by atoms with Crippen LogP contribution in [0.5, 0.6) is 0 Å². The maximum Gasteiger partial charge on any atom is 0.0951 e. The Morgan fingerprint density at radius 2 is 2.06 bits per heavy atom. The SMILES string of the molecule is CC(C)(C)Cc1cncn1C1C2CNCC21. The quantitative estimate of drug-likeness (QED) is 0.823. The summed E-state index contributed by atoms with van der Waals surface area (Å²) in [7, 11) is 0. The summed E-state index contributed by atoms with van der Waals surface area (Å²) in [6, 6.07) is 0.737. The average Bonchev–Trinajstić information content (AvgIpc) is 2.63. The van der Waals surface area contributed by atoms with E-state index in [1.54, 1.807) is 0 Å². The number of imidazole rings is 1. The summed E-state index contributed by atoms with van der Waals surface area (Å²) < 4.78 is 2.43. The summed E-state index contributed by atoms with van der Waals surface area (Å²) in [5, 5.41) is 3.45. The average molecular weight is 219 g/mol. The van der Waals surface area contributed by atoms with Gasteiger partial charge < -0.3 is 9.88 Å². The first-order valence-electron chi connectivity index (χ1n) is 6.28. The third-order valence-corrected chi connectivity index (χ3v) is 3.83. The highest BCUT2D eigenvalue weighted by molar-refractivity contribution is 5.14. The second kappa shape index (κ2) is 3.33. The summed E-state index contributed by atoms with van der Waals surface area (Å²) in [6.45, 7) is 9.27. The van der Waals surface area contributed by atoms with E-state index in [0.29, 0.717) is 5.41 Å². The first-order chi connectivity index (χ1) is 7.56. The van der Waals surface area contributed by atoms with Crippen molar-refractivity contribution >= 4 is 0 Å². The van der Waals surface area contributed by atoms with Gasteiger partial charge in [-0.2, -0.15) is 0 Å². The number of aromatic nitrogens is 2. The smallest absolute Gasteiger partial charge is 0.0951 e. The second-order valence-corrected chi connectivity index (χ2v) is 6.51. The number of hydrogen-bond acceptors (Lipinski definition) is 2. The number of piperidine rings is 1. The third kappa shape index (κ3) is 1.67. The molecular formula is C13H21N3. The molecule has 0 spiro atoms. The van der Waals surface area contributed by atoms with Gasteiger partial charge in [0.25, 0.3) is 0 Å². The molecule has 3 heteroatoms. The van der Waals surface area contributed by atoms with E-state index >= 15 is 0 Å². The molecule has 1 aromatic rings.